The zero-order valence-electron chi connectivity index (χ0n) is 9.21. The number of allylic oxidation sites excluding steroid dienone is 1. The number of hydrogen-bond acceptors (Lipinski definition) is 2. The third-order valence-corrected chi connectivity index (χ3v) is 2.87. The predicted octanol–water partition coefficient (Wildman–Crippen LogP) is 3.08. The van der Waals surface area contributed by atoms with Gasteiger partial charge in [0.15, 0.2) is 0 Å². The third-order valence-electron chi connectivity index (χ3n) is 2.87. The van der Waals surface area contributed by atoms with Crippen LogP contribution in [-0.4, -0.2) is 12.6 Å². The SMILES string of the molecule is CC=C(C(=O)OCC)C1CCCCC1. The lowest BCUT2D eigenvalue weighted by atomic mass is 9.83. The van der Waals surface area contributed by atoms with Crippen LogP contribution in [0, 0.1) is 5.92 Å². The third kappa shape index (κ3) is 2.86. The number of carbonyl (C=O) groups excluding carboxylic acids is 1. The molecule has 0 atom stereocenters. The fourth-order valence-corrected chi connectivity index (χ4v) is 2.15. The molecule has 0 N–H and O–H groups in total. The first kappa shape index (κ1) is 11.3. The van der Waals surface area contributed by atoms with Gasteiger partial charge < -0.3 is 4.74 Å². The highest BCUT2D eigenvalue weighted by Crippen LogP contribution is 2.30. The zero-order valence-corrected chi connectivity index (χ0v) is 9.21. The van der Waals surface area contributed by atoms with Gasteiger partial charge in [0.1, 0.15) is 0 Å². The van der Waals surface area contributed by atoms with Gasteiger partial charge in [-0.15, -0.1) is 0 Å². The average Bonchev–Trinajstić information content (AvgIpc) is 2.21. The van der Waals surface area contributed by atoms with Crippen molar-refractivity contribution in [3.8, 4) is 0 Å². The van der Waals surface area contributed by atoms with Crippen LogP contribution < -0.4 is 0 Å². The number of rotatable bonds is 3. The van der Waals surface area contributed by atoms with Gasteiger partial charge in [0.25, 0.3) is 0 Å². The maximum absolute atomic E-state index is 11.6. The highest BCUT2D eigenvalue weighted by Gasteiger charge is 2.22. The Labute approximate surface area is 86.3 Å². The topological polar surface area (TPSA) is 26.3 Å². The van der Waals surface area contributed by atoms with Crippen LogP contribution in [0.4, 0.5) is 0 Å². The molecule has 0 aliphatic heterocycles. The van der Waals surface area contributed by atoms with Crippen molar-refractivity contribution in [3.05, 3.63) is 11.6 Å². The van der Waals surface area contributed by atoms with Crippen LogP contribution in [0.25, 0.3) is 0 Å². The molecule has 0 aromatic rings. The van der Waals surface area contributed by atoms with Crippen molar-refractivity contribution in [2.45, 2.75) is 46.0 Å². The first-order valence-electron chi connectivity index (χ1n) is 5.63. The second kappa shape index (κ2) is 5.84. The van der Waals surface area contributed by atoms with E-state index in [2.05, 4.69) is 0 Å². The summed E-state index contributed by atoms with van der Waals surface area (Å²) in [4.78, 5) is 11.6. The van der Waals surface area contributed by atoms with E-state index in [0.717, 1.165) is 18.4 Å². The molecule has 0 aromatic carbocycles. The monoisotopic (exact) mass is 196 g/mol. The van der Waals surface area contributed by atoms with Crippen LogP contribution in [0.15, 0.2) is 11.6 Å². The summed E-state index contributed by atoms with van der Waals surface area (Å²) in [7, 11) is 0. The van der Waals surface area contributed by atoms with E-state index in [9.17, 15) is 4.79 Å². The Hall–Kier alpha value is -0.790. The normalized spacial score (nSPS) is 19.4. The Morgan fingerprint density at radius 3 is 2.50 bits per heavy atom. The standard InChI is InChI=1S/C12H20O2/c1-3-11(12(13)14-4-2)10-8-6-5-7-9-10/h3,10H,4-9H2,1-2H3. The van der Waals surface area contributed by atoms with Crippen LogP contribution in [-0.2, 0) is 9.53 Å². The summed E-state index contributed by atoms with van der Waals surface area (Å²) in [6.07, 6.45) is 8.05. The van der Waals surface area contributed by atoms with Crippen LogP contribution in [0.3, 0.4) is 0 Å². The van der Waals surface area contributed by atoms with Crippen LogP contribution in [0.2, 0.25) is 0 Å². The van der Waals surface area contributed by atoms with Gasteiger partial charge in [0.2, 0.25) is 0 Å². The second-order valence-corrected chi connectivity index (χ2v) is 3.80. The van der Waals surface area contributed by atoms with Gasteiger partial charge >= 0.3 is 5.97 Å². The smallest absolute Gasteiger partial charge is 0.333 e. The van der Waals surface area contributed by atoms with Crippen molar-refractivity contribution in [1.82, 2.24) is 0 Å². The number of ether oxygens (including phenoxy) is 1. The van der Waals surface area contributed by atoms with Crippen LogP contribution >= 0.6 is 0 Å². The van der Waals surface area contributed by atoms with Gasteiger partial charge in [0, 0.05) is 5.57 Å². The highest BCUT2D eigenvalue weighted by atomic mass is 16.5. The molecule has 0 saturated heterocycles. The number of carbonyl (C=O) groups is 1. The molecule has 0 unspecified atom stereocenters. The molecule has 0 amide bonds. The van der Waals surface area contributed by atoms with Crippen molar-refractivity contribution < 1.29 is 9.53 Å². The largest absolute Gasteiger partial charge is 0.463 e. The molecule has 0 radical (unpaired) electrons. The van der Waals surface area contributed by atoms with Gasteiger partial charge in [-0.25, -0.2) is 4.79 Å². The second-order valence-electron chi connectivity index (χ2n) is 3.80. The minimum atomic E-state index is -0.109. The van der Waals surface area contributed by atoms with Crippen molar-refractivity contribution in [2.75, 3.05) is 6.61 Å². The molecule has 1 aliphatic carbocycles. The molecule has 0 spiro atoms. The van der Waals surface area contributed by atoms with Gasteiger partial charge in [-0.1, -0.05) is 25.3 Å². The summed E-state index contributed by atoms with van der Waals surface area (Å²) < 4.78 is 5.04. The van der Waals surface area contributed by atoms with Crippen molar-refractivity contribution >= 4 is 5.97 Å². The lowest BCUT2D eigenvalue weighted by Crippen LogP contribution is -2.18. The molecule has 0 aromatic heterocycles. The van der Waals surface area contributed by atoms with Gasteiger partial charge in [-0.3, -0.25) is 0 Å². The van der Waals surface area contributed by atoms with E-state index >= 15 is 0 Å². The molecule has 2 heteroatoms. The fourth-order valence-electron chi connectivity index (χ4n) is 2.15. The van der Waals surface area contributed by atoms with E-state index in [-0.39, 0.29) is 5.97 Å². The lowest BCUT2D eigenvalue weighted by Gasteiger charge is -2.23. The minimum Gasteiger partial charge on any atom is -0.463 e. The lowest BCUT2D eigenvalue weighted by molar-refractivity contribution is -0.139. The summed E-state index contributed by atoms with van der Waals surface area (Å²) in [5, 5.41) is 0. The summed E-state index contributed by atoms with van der Waals surface area (Å²) in [5.74, 6) is 0.342. The van der Waals surface area contributed by atoms with Gasteiger partial charge in [0.05, 0.1) is 6.61 Å². The Kier molecular flexibility index (Phi) is 4.71. The van der Waals surface area contributed by atoms with Gasteiger partial charge in [-0.05, 0) is 32.6 Å². The molecule has 2 nitrogen and oxygen atoms in total. The van der Waals surface area contributed by atoms with Crippen molar-refractivity contribution in [2.24, 2.45) is 5.92 Å². The first-order chi connectivity index (χ1) is 6.79. The Morgan fingerprint density at radius 1 is 1.36 bits per heavy atom. The summed E-state index contributed by atoms with van der Waals surface area (Å²) >= 11 is 0. The predicted molar refractivity (Wildman–Crippen MR) is 57.0 cm³/mol. The molecule has 80 valence electrons. The van der Waals surface area contributed by atoms with Crippen LogP contribution in [0.5, 0.6) is 0 Å². The fraction of sp³-hybridized carbons (Fsp3) is 0.750. The van der Waals surface area contributed by atoms with E-state index < -0.39 is 0 Å². The summed E-state index contributed by atoms with van der Waals surface area (Å²) in [5.41, 5.74) is 0.895. The average molecular weight is 196 g/mol. The maximum Gasteiger partial charge on any atom is 0.333 e. The molecule has 1 rings (SSSR count). The minimum absolute atomic E-state index is 0.109. The molecular weight excluding hydrogens is 176 g/mol. The Bertz CT molecular complexity index is 212. The first-order valence-corrected chi connectivity index (χ1v) is 5.63. The molecule has 1 saturated carbocycles. The molecule has 14 heavy (non-hydrogen) atoms. The summed E-state index contributed by atoms with van der Waals surface area (Å²) in [6.45, 7) is 4.26. The Morgan fingerprint density at radius 2 is 2.00 bits per heavy atom. The molecule has 1 aliphatic rings. The maximum atomic E-state index is 11.6. The van der Waals surface area contributed by atoms with Crippen molar-refractivity contribution in [3.63, 3.8) is 0 Å². The van der Waals surface area contributed by atoms with E-state index in [0.29, 0.717) is 12.5 Å². The molecular formula is C12H20O2. The molecule has 0 bridgehead atoms. The zero-order chi connectivity index (χ0) is 10.4. The van der Waals surface area contributed by atoms with Crippen LogP contribution in [0.1, 0.15) is 46.0 Å². The quantitative estimate of drug-likeness (QED) is 0.512. The van der Waals surface area contributed by atoms with Gasteiger partial charge in [-0.2, -0.15) is 0 Å². The van der Waals surface area contributed by atoms with E-state index in [4.69, 9.17) is 4.74 Å². The Balaban J connectivity index is 2.56. The highest BCUT2D eigenvalue weighted by molar-refractivity contribution is 5.88. The molecule has 1 fully saturated rings. The van der Waals surface area contributed by atoms with Crippen molar-refractivity contribution in [1.29, 1.82) is 0 Å². The number of hydrogen-bond donors (Lipinski definition) is 0. The number of esters is 1. The van der Waals surface area contributed by atoms with E-state index in [1.807, 2.05) is 19.9 Å². The van der Waals surface area contributed by atoms with E-state index in [1.165, 1.54) is 19.3 Å². The van der Waals surface area contributed by atoms with E-state index in [1.54, 1.807) is 0 Å². The summed E-state index contributed by atoms with van der Waals surface area (Å²) in [6, 6.07) is 0. The molecule has 0 heterocycles.